The topological polar surface area (TPSA) is 87.4 Å². The highest BCUT2D eigenvalue weighted by atomic mass is 16.5. The van der Waals surface area contributed by atoms with E-state index < -0.39 is 0 Å². The molecule has 150 valence electrons. The van der Waals surface area contributed by atoms with Crippen LogP contribution in [0, 0.1) is 12.8 Å². The molecule has 1 N–H and O–H groups in total. The molecule has 2 aliphatic rings. The number of hydrogen-bond donors (Lipinski definition) is 1. The molecular weight excluding hydrogens is 356 g/mol. The van der Waals surface area contributed by atoms with E-state index in [1.54, 1.807) is 6.20 Å². The number of nitrogens with zero attached hydrogens (tertiary/aromatic N) is 5. The molecule has 28 heavy (non-hydrogen) atoms. The number of anilines is 1. The Bertz CT molecular complexity index is 772. The van der Waals surface area contributed by atoms with E-state index in [1.165, 1.54) is 0 Å². The van der Waals surface area contributed by atoms with Gasteiger partial charge in [-0.2, -0.15) is 4.98 Å². The molecule has 0 spiro atoms. The molecule has 0 aromatic carbocycles. The van der Waals surface area contributed by atoms with Crippen LogP contribution in [0.4, 0.5) is 5.95 Å². The Morgan fingerprint density at radius 3 is 2.82 bits per heavy atom. The maximum atomic E-state index is 12.6. The minimum atomic E-state index is 0.0651. The number of piperidine rings is 2. The van der Waals surface area contributed by atoms with Gasteiger partial charge in [-0.05, 0) is 49.5 Å². The van der Waals surface area contributed by atoms with Crippen molar-refractivity contribution >= 4 is 11.9 Å². The van der Waals surface area contributed by atoms with E-state index in [2.05, 4.69) is 30.2 Å². The van der Waals surface area contributed by atoms with Gasteiger partial charge in [-0.1, -0.05) is 6.07 Å². The Hall–Kier alpha value is -2.48. The number of carbonyl (C=O) groups is 1. The lowest BCUT2D eigenvalue weighted by atomic mass is 9.93. The van der Waals surface area contributed by atoms with Gasteiger partial charge in [0.15, 0.2) is 0 Å². The molecule has 1 atom stereocenters. The monoisotopic (exact) mass is 384 g/mol. The number of nitrogens with one attached hydrogen (secondary N) is 1. The number of carbonyl (C=O) groups excluding carboxylic acids is 1. The van der Waals surface area contributed by atoms with Crippen molar-refractivity contribution in [3.8, 4) is 0 Å². The molecule has 1 amide bonds. The summed E-state index contributed by atoms with van der Waals surface area (Å²) < 4.78 is 5.09. The van der Waals surface area contributed by atoms with E-state index in [-0.39, 0.29) is 11.8 Å². The largest absolute Gasteiger partial charge is 0.350 e. The molecule has 0 radical (unpaired) electrons. The van der Waals surface area contributed by atoms with E-state index in [1.807, 2.05) is 25.1 Å². The Kier molecular flexibility index (Phi) is 5.85. The second-order valence-electron chi connectivity index (χ2n) is 7.70. The Morgan fingerprint density at radius 2 is 2.11 bits per heavy atom. The summed E-state index contributed by atoms with van der Waals surface area (Å²) in [7, 11) is 0. The van der Waals surface area contributed by atoms with Gasteiger partial charge >= 0.3 is 0 Å². The fourth-order valence-corrected chi connectivity index (χ4v) is 4.22. The number of aryl methyl sites for hydroxylation is 1. The standard InChI is InChI=1S/C20H28N6O2/c1-15-23-20(24-28-15)25-11-7-18(8-12-25)26-10-4-5-16(14-26)19(27)22-13-17-6-2-3-9-21-17/h2-3,6,9,16,18H,4-5,7-8,10-14H2,1H3,(H,22,27)/t16-/m0/s1. The molecule has 2 aromatic rings. The Morgan fingerprint density at radius 1 is 1.25 bits per heavy atom. The van der Waals surface area contributed by atoms with Crippen LogP contribution >= 0.6 is 0 Å². The van der Waals surface area contributed by atoms with Crippen molar-refractivity contribution in [1.82, 2.24) is 25.3 Å². The van der Waals surface area contributed by atoms with Gasteiger partial charge in [-0.15, -0.1) is 0 Å². The van der Waals surface area contributed by atoms with Gasteiger partial charge in [0.2, 0.25) is 11.8 Å². The van der Waals surface area contributed by atoms with Crippen LogP contribution in [0.25, 0.3) is 0 Å². The number of hydrogen-bond acceptors (Lipinski definition) is 7. The number of rotatable bonds is 5. The van der Waals surface area contributed by atoms with E-state index >= 15 is 0 Å². The number of pyridine rings is 1. The van der Waals surface area contributed by atoms with Crippen LogP contribution in [0.2, 0.25) is 0 Å². The zero-order valence-electron chi connectivity index (χ0n) is 16.4. The molecule has 2 fully saturated rings. The maximum Gasteiger partial charge on any atom is 0.266 e. The van der Waals surface area contributed by atoms with Gasteiger partial charge in [0.05, 0.1) is 18.2 Å². The van der Waals surface area contributed by atoms with Crippen molar-refractivity contribution in [2.75, 3.05) is 31.1 Å². The molecule has 2 saturated heterocycles. The van der Waals surface area contributed by atoms with Gasteiger partial charge in [0.1, 0.15) is 0 Å². The van der Waals surface area contributed by atoms with Crippen LogP contribution < -0.4 is 10.2 Å². The molecule has 2 aromatic heterocycles. The fourth-order valence-electron chi connectivity index (χ4n) is 4.22. The summed E-state index contributed by atoms with van der Waals surface area (Å²) in [5.41, 5.74) is 0.896. The summed E-state index contributed by atoms with van der Waals surface area (Å²) in [5, 5.41) is 7.09. The second kappa shape index (κ2) is 8.68. The van der Waals surface area contributed by atoms with E-state index in [4.69, 9.17) is 4.52 Å². The van der Waals surface area contributed by atoms with Crippen molar-refractivity contribution in [3.63, 3.8) is 0 Å². The van der Waals surface area contributed by atoms with Crippen LogP contribution in [0.3, 0.4) is 0 Å². The predicted molar refractivity (Wildman–Crippen MR) is 105 cm³/mol. The molecular formula is C20H28N6O2. The third-order valence-corrected chi connectivity index (χ3v) is 5.77. The highest BCUT2D eigenvalue weighted by Gasteiger charge is 2.32. The lowest BCUT2D eigenvalue weighted by Gasteiger charge is -2.41. The van der Waals surface area contributed by atoms with Gasteiger partial charge < -0.3 is 14.7 Å². The molecule has 4 heterocycles. The highest BCUT2D eigenvalue weighted by molar-refractivity contribution is 5.78. The summed E-state index contributed by atoms with van der Waals surface area (Å²) in [6, 6.07) is 6.29. The van der Waals surface area contributed by atoms with E-state index in [0.29, 0.717) is 24.4 Å². The molecule has 2 aliphatic heterocycles. The Balaban J connectivity index is 1.26. The van der Waals surface area contributed by atoms with E-state index in [0.717, 1.165) is 57.6 Å². The van der Waals surface area contributed by atoms with Crippen LogP contribution in [0.15, 0.2) is 28.9 Å². The third-order valence-electron chi connectivity index (χ3n) is 5.77. The normalized spacial score (nSPS) is 21.6. The minimum absolute atomic E-state index is 0.0651. The average molecular weight is 384 g/mol. The van der Waals surface area contributed by atoms with Crippen molar-refractivity contribution < 1.29 is 9.32 Å². The third kappa shape index (κ3) is 4.49. The maximum absolute atomic E-state index is 12.6. The summed E-state index contributed by atoms with van der Waals surface area (Å²) in [6.07, 6.45) is 5.93. The first kappa shape index (κ1) is 18.9. The van der Waals surface area contributed by atoms with Gasteiger partial charge in [0.25, 0.3) is 5.95 Å². The van der Waals surface area contributed by atoms with Crippen LogP contribution in [-0.4, -0.2) is 58.2 Å². The first-order valence-corrected chi connectivity index (χ1v) is 10.2. The van der Waals surface area contributed by atoms with Gasteiger partial charge in [0, 0.05) is 38.8 Å². The highest BCUT2D eigenvalue weighted by Crippen LogP contribution is 2.25. The fraction of sp³-hybridized carbons (Fsp3) is 0.600. The first-order valence-electron chi connectivity index (χ1n) is 10.2. The molecule has 0 bridgehead atoms. The number of amides is 1. The summed E-state index contributed by atoms with van der Waals surface area (Å²) in [6.45, 7) is 6.10. The quantitative estimate of drug-likeness (QED) is 0.840. The van der Waals surface area contributed by atoms with E-state index in [9.17, 15) is 4.79 Å². The zero-order valence-corrected chi connectivity index (χ0v) is 16.4. The predicted octanol–water partition coefficient (Wildman–Crippen LogP) is 1.77. The second-order valence-corrected chi connectivity index (χ2v) is 7.70. The van der Waals surface area contributed by atoms with Crippen molar-refractivity contribution in [2.24, 2.45) is 5.92 Å². The van der Waals surface area contributed by atoms with Crippen LogP contribution in [-0.2, 0) is 11.3 Å². The van der Waals surface area contributed by atoms with Gasteiger partial charge in [-0.25, -0.2) is 0 Å². The lowest BCUT2D eigenvalue weighted by Crippen LogP contribution is -2.51. The zero-order chi connectivity index (χ0) is 19.3. The van der Waals surface area contributed by atoms with Crippen LogP contribution in [0.5, 0.6) is 0 Å². The van der Waals surface area contributed by atoms with Crippen molar-refractivity contribution in [1.29, 1.82) is 0 Å². The van der Waals surface area contributed by atoms with Crippen molar-refractivity contribution in [3.05, 3.63) is 36.0 Å². The lowest BCUT2D eigenvalue weighted by molar-refractivity contribution is -0.127. The Labute approximate surface area is 165 Å². The summed E-state index contributed by atoms with van der Waals surface area (Å²) in [5.74, 6) is 1.51. The molecule has 8 nitrogen and oxygen atoms in total. The number of aromatic nitrogens is 3. The molecule has 8 heteroatoms. The summed E-state index contributed by atoms with van der Waals surface area (Å²) >= 11 is 0. The van der Waals surface area contributed by atoms with Gasteiger partial charge in [-0.3, -0.25) is 14.7 Å². The molecule has 4 rings (SSSR count). The molecule has 0 saturated carbocycles. The van der Waals surface area contributed by atoms with Crippen LogP contribution in [0.1, 0.15) is 37.3 Å². The minimum Gasteiger partial charge on any atom is -0.350 e. The number of likely N-dealkylation sites (tertiary alicyclic amines) is 1. The smallest absolute Gasteiger partial charge is 0.266 e. The van der Waals surface area contributed by atoms with Crippen molar-refractivity contribution in [2.45, 2.75) is 45.2 Å². The first-order chi connectivity index (χ1) is 13.7. The molecule has 0 unspecified atom stereocenters. The average Bonchev–Trinajstić information content (AvgIpc) is 3.19. The summed E-state index contributed by atoms with van der Waals surface area (Å²) in [4.78, 5) is 25.9. The molecule has 0 aliphatic carbocycles. The SMILES string of the molecule is Cc1nc(N2CCC(N3CCC[C@H](C(=O)NCc4ccccn4)C3)CC2)no1.